The van der Waals surface area contributed by atoms with E-state index in [0.29, 0.717) is 62.9 Å². The Morgan fingerprint density at radius 3 is 1.32 bits per heavy atom. The van der Waals surface area contributed by atoms with Gasteiger partial charge in [-0.05, 0) is 177 Å². The van der Waals surface area contributed by atoms with Gasteiger partial charge in [0.05, 0.1) is 79.5 Å². The van der Waals surface area contributed by atoms with Crippen molar-refractivity contribution in [2.24, 2.45) is 103 Å². The predicted molar refractivity (Wildman–Crippen MR) is 517 cm³/mol. The van der Waals surface area contributed by atoms with Crippen LogP contribution in [0.15, 0.2) is 46.8 Å². The standard InChI is InChI=1S/C95H163N19O19S/c1-8-9-10-11-12-13-14-15-16-17-18-19-20-34-85(124)108-75(32-23-26-42-98)93(133)111-72(31-22-25-41-97)79(118)53-67(46-60(2)3)90(130)109-73(33-28-44-106-95(102)103)80(119)54-68(58-115)91(131)110-74(39-45-134-7)84(123)55-71(62(6)116)92(132)114-78(56-86(125)126)82(121)50-64(29-21-24-40-96)88(128)113-77(48-63-35-37-70(117)38-36-63)81(120)51-65(30-27-43-105-94(100)101)89(129)112-76(47-61(4)5)83(122)52-66(87(99)127)49-69-57-104-59-107-69/h35-38,57,59-62,64-68,71-78,115-117H,8-34,39-56,58,96-98H2,1-7H3,(H2,99,127)(H,104,107)(H,108,124)(H,109,130)(H,110,131)(H,111,133)(H,112,129)(H,113,128)(H,114,132)(H,125,126)(H4,100,101,105)(H4,102,103,106)/t62-,64+,65-,66-,67-,68+,71+,72+,73+,74+,75+,76+,77+,78+/m1/s1. The lowest BCUT2D eigenvalue weighted by Crippen LogP contribution is -2.52. The van der Waals surface area contributed by atoms with Crippen molar-refractivity contribution in [3.63, 3.8) is 0 Å². The molecule has 0 fully saturated rings. The van der Waals surface area contributed by atoms with Crippen molar-refractivity contribution in [2.75, 3.05) is 51.3 Å². The summed E-state index contributed by atoms with van der Waals surface area (Å²) >= 11 is 1.27. The summed E-state index contributed by atoms with van der Waals surface area (Å²) < 4.78 is 0. The highest BCUT2D eigenvalue weighted by Crippen LogP contribution is 2.27. The Morgan fingerprint density at radius 1 is 0.425 bits per heavy atom. The number of aliphatic hydroxyl groups is 2. The first-order chi connectivity index (χ1) is 63.8. The van der Waals surface area contributed by atoms with Gasteiger partial charge in [0.15, 0.2) is 46.6 Å². The van der Waals surface area contributed by atoms with Gasteiger partial charge in [0.1, 0.15) is 11.8 Å². The van der Waals surface area contributed by atoms with Gasteiger partial charge in [-0.2, -0.15) is 11.8 Å². The Bertz CT molecular complexity index is 3920. The van der Waals surface area contributed by atoms with Crippen LogP contribution in [0.5, 0.6) is 5.75 Å². The number of aliphatic imine (C=N–C) groups is 2. The van der Waals surface area contributed by atoms with E-state index in [-0.39, 0.29) is 164 Å². The van der Waals surface area contributed by atoms with E-state index in [2.05, 4.69) is 64.1 Å². The molecule has 0 aliphatic heterocycles. The molecule has 2 aromatic rings. The number of nitrogens with one attached hydrogen (secondary N) is 8. The zero-order valence-corrected chi connectivity index (χ0v) is 81.3. The number of hydrogen-bond acceptors (Lipinski definition) is 25. The smallest absolute Gasteiger partial charge is 0.305 e. The fourth-order valence-electron chi connectivity index (χ4n) is 16.0. The number of unbranched alkanes of at least 4 members (excludes halogenated alkanes) is 15. The molecule has 1 aromatic carbocycles. The number of imidazole rings is 1. The molecule has 14 atom stereocenters. The molecule has 28 N–H and O–H groups in total. The number of aliphatic carboxylic acids is 1. The van der Waals surface area contributed by atoms with E-state index in [1.54, 1.807) is 6.26 Å². The molecule has 1 aromatic heterocycles. The summed E-state index contributed by atoms with van der Waals surface area (Å²) in [6.07, 6.45) is 16.3. The van der Waals surface area contributed by atoms with Crippen LogP contribution in [0.25, 0.3) is 0 Å². The molecular weight excluding hydrogens is 1740 g/mol. The molecule has 758 valence electrons. The zero-order valence-electron chi connectivity index (χ0n) is 80.5. The summed E-state index contributed by atoms with van der Waals surface area (Å²) in [5.74, 6) is -20.7. The highest BCUT2D eigenvalue weighted by Gasteiger charge is 2.40. The van der Waals surface area contributed by atoms with Crippen LogP contribution in [0.2, 0.25) is 0 Å². The Kier molecular flexibility index (Phi) is 62.7. The molecule has 0 radical (unpaired) electrons. The SMILES string of the molecule is CCCCCCCCCCCCCCCC(=O)N[C@@H](CCCCN)C(=O)N[C@@H](CCCCN)C(=O)C[C@@H](CC(C)C)C(=O)N[C@@H](CCCN=C(N)N)C(=O)C[C@@H](CO)C(=O)N[C@@H](CCSC)C(=O)C[C@H](C(=O)N[C@@H](CC(=O)O)C(=O)C[C@H](CCCCN)C(=O)N[C@@H](Cc1ccc(O)cc1)C(=O)C[C@@H](CCCN=C(N)N)C(=O)N[C@@H](CC(C)C)C(=O)C[C@@H](Cc1cnc[nH]1)C(N)=O)[C@@H](C)O. The van der Waals surface area contributed by atoms with Crippen molar-refractivity contribution in [3.05, 3.63) is 48.0 Å². The third-order valence-electron chi connectivity index (χ3n) is 23.8. The minimum Gasteiger partial charge on any atom is -0.508 e. The lowest BCUT2D eigenvalue weighted by atomic mass is 9.87. The van der Waals surface area contributed by atoms with Crippen molar-refractivity contribution in [3.8, 4) is 5.75 Å². The number of aliphatic hydroxyl groups excluding tert-OH is 2. The number of primary amides is 1. The van der Waals surface area contributed by atoms with E-state index in [9.17, 15) is 87.5 Å². The van der Waals surface area contributed by atoms with Crippen LogP contribution in [-0.2, 0) is 84.8 Å². The zero-order chi connectivity index (χ0) is 100. The molecule has 0 spiro atoms. The van der Waals surface area contributed by atoms with Crippen molar-refractivity contribution in [2.45, 2.75) is 340 Å². The van der Waals surface area contributed by atoms with Gasteiger partial charge in [-0.25, -0.2) is 4.98 Å². The van der Waals surface area contributed by atoms with Crippen molar-refractivity contribution in [1.82, 2.24) is 47.2 Å². The van der Waals surface area contributed by atoms with Gasteiger partial charge in [0, 0.05) is 94.1 Å². The van der Waals surface area contributed by atoms with E-state index in [0.717, 1.165) is 32.6 Å². The van der Waals surface area contributed by atoms with Crippen LogP contribution in [0.4, 0.5) is 0 Å². The number of guanidine groups is 2. The molecule has 0 saturated carbocycles. The van der Waals surface area contributed by atoms with Gasteiger partial charge in [0.2, 0.25) is 47.3 Å². The molecule has 134 heavy (non-hydrogen) atoms. The van der Waals surface area contributed by atoms with Crippen LogP contribution in [0.3, 0.4) is 0 Å². The molecule has 1 heterocycles. The number of nitrogens with zero attached hydrogens (tertiary/aromatic N) is 3. The largest absolute Gasteiger partial charge is 0.508 e. The normalized spacial score (nSPS) is 14.6. The number of phenols is 1. The number of aromatic nitrogens is 2. The number of aromatic hydroxyl groups is 1. The topological polar surface area (TPSA) is 683 Å². The second-order valence-electron chi connectivity index (χ2n) is 36.5. The summed E-state index contributed by atoms with van der Waals surface area (Å²) in [5, 5.41) is 61.8. The average molecular weight is 1910 g/mol. The maximum atomic E-state index is 15.0. The molecule has 0 aliphatic rings. The number of H-pyrrole nitrogens is 1. The van der Waals surface area contributed by atoms with E-state index in [4.69, 9.17) is 45.9 Å². The number of aromatic amines is 1. The lowest BCUT2D eigenvalue weighted by Gasteiger charge is -2.27. The first-order valence-electron chi connectivity index (χ1n) is 48.3. The number of phenolic OH excluding ortho intramolecular Hbond substituents is 1. The maximum absolute atomic E-state index is 15.0. The van der Waals surface area contributed by atoms with Gasteiger partial charge in [-0.3, -0.25) is 81.9 Å². The van der Waals surface area contributed by atoms with Gasteiger partial charge in [-0.15, -0.1) is 0 Å². The van der Waals surface area contributed by atoms with Gasteiger partial charge in [-0.1, -0.05) is 130 Å². The van der Waals surface area contributed by atoms with Crippen molar-refractivity contribution < 1.29 is 92.3 Å². The molecule has 0 unspecified atom stereocenters. The molecule has 8 amide bonds. The van der Waals surface area contributed by atoms with Crippen LogP contribution in [0.1, 0.15) is 290 Å². The van der Waals surface area contributed by atoms with E-state index < -0.39 is 205 Å². The lowest BCUT2D eigenvalue weighted by molar-refractivity contribution is -0.142. The van der Waals surface area contributed by atoms with Gasteiger partial charge < -0.3 is 108 Å². The molecule has 39 heteroatoms. The number of nitrogens with two attached hydrogens (primary N) is 8. The second-order valence-corrected chi connectivity index (χ2v) is 37.4. The van der Waals surface area contributed by atoms with E-state index in [1.165, 1.54) is 99.9 Å². The number of hydrogen-bond donors (Lipinski definition) is 20. The number of carbonyl (C=O) groups is 15. The fourth-order valence-corrected chi connectivity index (χ4v) is 16.5. The number of carboxylic acids is 1. The number of thioether (sulfide) groups is 1. The number of benzene rings is 1. The van der Waals surface area contributed by atoms with Crippen LogP contribution in [-0.4, -0.2) is 230 Å². The average Bonchev–Trinajstić information content (AvgIpc) is 0.943. The maximum Gasteiger partial charge on any atom is 0.305 e. The second kappa shape index (κ2) is 69.9. The Balaban J connectivity index is 2.51. The summed E-state index contributed by atoms with van der Waals surface area (Å²) in [6.45, 7) is 10.5. The van der Waals surface area contributed by atoms with Gasteiger partial charge >= 0.3 is 5.97 Å². The monoisotopic (exact) mass is 1910 g/mol. The number of amides is 8. The van der Waals surface area contributed by atoms with Crippen molar-refractivity contribution in [1.29, 1.82) is 0 Å². The third kappa shape index (κ3) is 52.3. The molecule has 0 aliphatic carbocycles. The van der Waals surface area contributed by atoms with Crippen molar-refractivity contribution >= 4 is 112 Å². The number of Topliss-reactive ketones (excluding diaryl/α,β-unsaturated/α-hetero) is 6. The van der Waals surface area contributed by atoms with Gasteiger partial charge in [0.25, 0.3) is 0 Å². The number of carboxylic acid groups (broad SMARTS) is 1. The number of carbonyl (C=O) groups excluding carboxylic acids is 14. The third-order valence-corrected chi connectivity index (χ3v) is 24.4. The highest BCUT2D eigenvalue weighted by atomic mass is 32.2. The summed E-state index contributed by atoms with van der Waals surface area (Å²) in [7, 11) is 0. The van der Waals surface area contributed by atoms with Crippen LogP contribution < -0.4 is 83.1 Å². The van der Waals surface area contributed by atoms with Crippen LogP contribution >= 0.6 is 11.8 Å². The fraction of sp³-hybridized carbons (Fsp3) is 0.726. The quantitative estimate of drug-likeness (QED) is 0.0238. The molecule has 38 nitrogen and oxygen atoms in total. The number of ketones is 6. The van der Waals surface area contributed by atoms with E-state index >= 15 is 4.79 Å². The Labute approximate surface area is 795 Å². The molecule has 2 rings (SSSR count). The molecule has 0 saturated heterocycles. The minimum absolute atomic E-state index is 0.00355. The molecular formula is C95H163N19O19S. The summed E-state index contributed by atoms with van der Waals surface area (Å²) in [6, 6.07) is -3.77. The highest BCUT2D eigenvalue weighted by molar-refractivity contribution is 7.98. The minimum atomic E-state index is -1.92. The predicted octanol–water partition coefficient (Wildman–Crippen LogP) is 4.90. The van der Waals surface area contributed by atoms with E-state index in [1.807, 2.05) is 27.7 Å². The summed E-state index contributed by atoms with van der Waals surface area (Å²) in [4.78, 5) is 229. The summed E-state index contributed by atoms with van der Waals surface area (Å²) in [5.41, 5.74) is 46.9. The first kappa shape index (κ1) is 120. The van der Waals surface area contributed by atoms with Crippen LogP contribution in [0, 0.1) is 47.3 Å². The Morgan fingerprint density at radius 2 is 0.836 bits per heavy atom. The Hall–Kier alpha value is -9.83. The first-order valence-corrected chi connectivity index (χ1v) is 49.7. The number of rotatable bonds is 81. The molecule has 0 bridgehead atoms.